The van der Waals surface area contributed by atoms with Gasteiger partial charge in [0, 0.05) is 36.8 Å². The first-order valence-electron chi connectivity index (χ1n) is 9.67. The van der Waals surface area contributed by atoms with Crippen LogP contribution < -0.4 is 0 Å². The lowest BCUT2D eigenvalue weighted by molar-refractivity contribution is -0.137. The summed E-state index contributed by atoms with van der Waals surface area (Å²) in [7, 11) is 0. The largest absolute Gasteiger partial charge is 0.416 e. The predicted molar refractivity (Wildman–Crippen MR) is 107 cm³/mol. The summed E-state index contributed by atoms with van der Waals surface area (Å²) in [5.74, 6) is -0.764. The molecule has 6 nitrogen and oxygen atoms in total. The lowest BCUT2D eigenvalue weighted by Crippen LogP contribution is -2.48. The molecule has 4 rings (SSSR count). The van der Waals surface area contributed by atoms with Crippen molar-refractivity contribution >= 4 is 17.5 Å². The Balaban J connectivity index is 1.36. The van der Waals surface area contributed by atoms with Crippen LogP contribution in [0.4, 0.5) is 17.6 Å². The minimum Gasteiger partial charge on any atom is -0.338 e. The number of nitrogens with zero attached hydrogens (tertiary/aromatic N) is 4. The molecule has 32 heavy (non-hydrogen) atoms. The average Bonchev–Trinajstić information content (AvgIpc) is 3.22. The van der Waals surface area contributed by atoms with E-state index in [1.165, 1.54) is 24.3 Å². The third kappa shape index (κ3) is 4.91. The van der Waals surface area contributed by atoms with Crippen LogP contribution in [0.1, 0.15) is 21.8 Å². The minimum absolute atomic E-state index is 0.0366. The van der Waals surface area contributed by atoms with Crippen molar-refractivity contribution in [2.45, 2.75) is 12.7 Å². The highest BCUT2D eigenvalue weighted by molar-refractivity contribution is 6.30. The maximum absolute atomic E-state index is 14.0. The quantitative estimate of drug-likeness (QED) is 0.527. The fraction of sp³-hybridized carbons (Fsp3) is 0.286. The first-order valence-corrected chi connectivity index (χ1v) is 10.1. The second kappa shape index (κ2) is 8.87. The Morgan fingerprint density at radius 2 is 1.84 bits per heavy atom. The van der Waals surface area contributed by atoms with Crippen molar-refractivity contribution in [2.24, 2.45) is 0 Å². The molecule has 0 atom stereocenters. The Labute approximate surface area is 185 Å². The summed E-state index contributed by atoms with van der Waals surface area (Å²) >= 11 is 5.73. The molecule has 0 spiro atoms. The molecule has 3 aromatic rings. The molecule has 1 amide bonds. The van der Waals surface area contributed by atoms with Crippen LogP contribution in [0, 0.1) is 5.82 Å². The highest BCUT2D eigenvalue weighted by Crippen LogP contribution is 2.31. The van der Waals surface area contributed by atoms with Gasteiger partial charge in [-0.2, -0.15) is 18.2 Å². The maximum Gasteiger partial charge on any atom is 0.416 e. The summed E-state index contributed by atoms with van der Waals surface area (Å²) in [4.78, 5) is 20.3. The van der Waals surface area contributed by atoms with Crippen LogP contribution in [-0.4, -0.2) is 52.0 Å². The summed E-state index contributed by atoms with van der Waals surface area (Å²) in [6, 6.07) is 8.63. The molecule has 0 bridgehead atoms. The molecule has 168 valence electrons. The lowest BCUT2D eigenvalue weighted by Gasteiger charge is -2.34. The van der Waals surface area contributed by atoms with Crippen molar-refractivity contribution in [2.75, 3.05) is 26.2 Å². The Hall–Kier alpha value is -2.98. The molecule has 11 heteroatoms. The van der Waals surface area contributed by atoms with Crippen LogP contribution in [0.25, 0.3) is 11.4 Å². The molecular weight excluding hydrogens is 452 g/mol. The summed E-state index contributed by atoms with van der Waals surface area (Å²) < 4.78 is 57.9. The van der Waals surface area contributed by atoms with Crippen LogP contribution in [0.5, 0.6) is 0 Å². The van der Waals surface area contributed by atoms with Gasteiger partial charge in [-0.15, -0.1) is 0 Å². The van der Waals surface area contributed by atoms with E-state index in [0.29, 0.717) is 26.2 Å². The molecule has 0 N–H and O–H groups in total. The highest BCUT2D eigenvalue weighted by atomic mass is 35.5. The molecule has 1 saturated heterocycles. The van der Waals surface area contributed by atoms with Crippen molar-refractivity contribution in [1.82, 2.24) is 19.9 Å². The Morgan fingerprint density at radius 1 is 1.09 bits per heavy atom. The first-order chi connectivity index (χ1) is 15.2. The van der Waals surface area contributed by atoms with Crippen molar-refractivity contribution in [3.63, 3.8) is 0 Å². The first kappa shape index (κ1) is 22.2. The van der Waals surface area contributed by atoms with Crippen LogP contribution in [-0.2, 0) is 12.7 Å². The molecule has 2 heterocycles. The second-order valence-corrected chi connectivity index (χ2v) is 7.72. The van der Waals surface area contributed by atoms with Gasteiger partial charge in [-0.3, -0.25) is 9.69 Å². The topological polar surface area (TPSA) is 62.5 Å². The van der Waals surface area contributed by atoms with E-state index in [-0.39, 0.29) is 34.4 Å². The van der Waals surface area contributed by atoms with E-state index in [1.807, 2.05) is 4.90 Å². The van der Waals surface area contributed by atoms with Gasteiger partial charge in [0.1, 0.15) is 5.82 Å². The summed E-state index contributed by atoms with van der Waals surface area (Å²) in [6.07, 6.45) is -4.46. The number of alkyl halides is 3. The van der Waals surface area contributed by atoms with Crippen molar-refractivity contribution < 1.29 is 26.9 Å². The molecule has 0 unspecified atom stereocenters. The lowest BCUT2D eigenvalue weighted by atomic mass is 10.1. The number of rotatable bonds is 4. The van der Waals surface area contributed by atoms with Crippen LogP contribution in [0.3, 0.4) is 0 Å². The van der Waals surface area contributed by atoms with Crippen molar-refractivity contribution in [3.8, 4) is 11.4 Å². The van der Waals surface area contributed by atoms with Gasteiger partial charge in [-0.1, -0.05) is 28.9 Å². The molecule has 1 fully saturated rings. The Morgan fingerprint density at radius 3 is 2.53 bits per heavy atom. The van der Waals surface area contributed by atoms with Crippen LogP contribution >= 0.6 is 11.6 Å². The number of halogens is 5. The normalized spacial score (nSPS) is 15.2. The summed E-state index contributed by atoms with van der Waals surface area (Å²) in [6.45, 7) is 2.00. The van der Waals surface area contributed by atoms with E-state index in [1.54, 1.807) is 4.90 Å². The van der Waals surface area contributed by atoms with Gasteiger partial charge < -0.3 is 9.42 Å². The fourth-order valence-corrected chi connectivity index (χ4v) is 3.56. The van der Waals surface area contributed by atoms with Gasteiger partial charge >= 0.3 is 6.18 Å². The smallest absolute Gasteiger partial charge is 0.338 e. The third-order valence-corrected chi connectivity index (χ3v) is 5.33. The van der Waals surface area contributed by atoms with Gasteiger partial charge in [0.2, 0.25) is 11.7 Å². The molecule has 1 aromatic heterocycles. The molecule has 0 saturated carbocycles. The predicted octanol–water partition coefficient (Wildman–Crippen LogP) is 4.51. The standard InChI is InChI=1S/C21H17ClF4N4O2/c22-15-4-5-16(17(23)11-15)20(31)30-8-6-29(7-9-30)12-18-27-19(28-32-18)13-2-1-3-14(10-13)21(24,25)26/h1-5,10-11H,6-9,12H2. The molecule has 2 aromatic carbocycles. The van der Waals surface area contributed by atoms with E-state index in [9.17, 15) is 22.4 Å². The monoisotopic (exact) mass is 468 g/mol. The van der Waals surface area contributed by atoms with Gasteiger partial charge in [-0.25, -0.2) is 4.39 Å². The summed E-state index contributed by atoms with van der Waals surface area (Å²) in [5, 5.41) is 3.99. The van der Waals surface area contributed by atoms with Crippen molar-refractivity contribution in [1.29, 1.82) is 0 Å². The number of hydrogen-bond acceptors (Lipinski definition) is 5. The number of carbonyl (C=O) groups is 1. The molecule has 0 aliphatic carbocycles. The van der Waals surface area contributed by atoms with E-state index in [4.69, 9.17) is 16.1 Å². The zero-order chi connectivity index (χ0) is 22.9. The van der Waals surface area contributed by atoms with E-state index in [2.05, 4.69) is 10.1 Å². The number of benzene rings is 2. The Bertz CT molecular complexity index is 1130. The van der Waals surface area contributed by atoms with E-state index >= 15 is 0 Å². The number of carbonyl (C=O) groups excluding carboxylic acids is 1. The molecule has 1 aliphatic rings. The average molecular weight is 469 g/mol. The minimum atomic E-state index is -4.46. The van der Waals surface area contributed by atoms with Gasteiger partial charge in [0.25, 0.3) is 5.91 Å². The summed E-state index contributed by atoms with van der Waals surface area (Å²) in [5.41, 5.74) is -0.625. The molecular formula is C21H17ClF4N4O2. The Kier molecular flexibility index (Phi) is 6.16. The van der Waals surface area contributed by atoms with E-state index < -0.39 is 23.5 Å². The zero-order valence-corrected chi connectivity index (χ0v) is 17.3. The van der Waals surface area contributed by atoms with Crippen molar-refractivity contribution in [3.05, 3.63) is 70.3 Å². The molecule has 0 radical (unpaired) electrons. The fourth-order valence-electron chi connectivity index (χ4n) is 3.40. The van der Waals surface area contributed by atoms with E-state index in [0.717, 1.165) is 18.2 Å². The second-order valence-electron chi connectivity index (χ2n) is 7.28. The third-order valence-electron chi connectivity index (χ3n) is 5.10. The SMILES string of the molecule is O=C(c1ccc(Cl)cc1F)N1CCN(Cc2nc(-c3cccc(C(F)(F)F)c3)no2)CC1. The maximum atomic E-state index is 14.0. The number of amides is 1. The van der Waals surface area contributed by atoms with Crippen LogP contribution in [0.2, 0.25) is 5.02 Å². The number of aromatic nitrogens is 2. The highest BCUT2D eigenvalue weighted by Gasteiger charge is 2.31. The zero-order valence-electron chi connectivity index (χ0n) is 16.6. The molecule has 1 aliphatic heterocycles. The van der Waals surface area contributed by atoms with Gasteiger partial charge in [0.05, 0.1) is 17.7 Å². The number of hydrogen-bond donors (Lipinski definition) is 0. The van der Waals surface area contributed by atoms with Crippen LogP contribution in [0.15, 0.2) is 47.0 Å². The number of piperazine rings is 1. The van der Waals surface area contributed by atoms with Gasteiger partial charge in [0.15, 0.2) is 0 Å². The van der Waals surface area contributed by atoms with Gasteiger partial charge in [-0.05, 0) is 30.3 Å².